The van der Waals surface area contributed by atoms with Crippen LogP contribution in [0.5, 0.6) is 0 Å². The van der Waals surface area contributed by atoms with Crippen molar-refractivity contribution < 1.29 is 4.79 Å². The summed E-state index contributed by atoms with van der Waals surface area (Å²) in [4.78, 5) is 34.3. The van der Waals surface area contributed by atoms with E-state index in [4.69, 9.17) is 0 Å². The summed E-state index contributed by atoms with van der Waals surface area (Å²) in [6.45, 7) is 5.92. The first-order valence-corrected chi connectivity index (χ1v) is 7.01. The summed E-state index contributed by atoms with van der Waals surface area (Å²) in [6.07, 6.45) is 1.51. The van der Waals surface area contributed by atoms with Crippen LogP contribution in [0.4, 0.5) is 5.95 Å². The summed E-state index contributed by atoms with van der Waals surface area (Å²) in [7, 11) is 5.10. The van der Waals surface area contributed by atoms with E-state index in [1.54, 1.807) is 30.3 Å². The number of carbonyl (C=O) groups is 1. The molecule has 0 aliphatic carbocycles. The van der Waals surface area contributed by atoms with Gasteiger partial charge in [0.1, 0.15) is 6.33 Å². The summed E-state index contributed by atoms with van der Waals surface area (Å²) >= 11 is 0. The van der Waals surface area contributed by atoms with Gasteiger partial charge in [-0.05, 0) is 20.8 Å². The number of aromatic nitrogens is 4. The Morgan fingerprint density at radius 3 is 2.55 bits per heavy atom. The molecule has 0 aliphatic rings. The van der Waals surface area contributed by atoms with E-state index in [-0.39, 0.29) is 23.6 Å². The third-order valence-corrected chi connectivity index (χ3v) is 3.41. The number of likely N-dealkylation sites (N-methyl/N-ethyl adjacent to an activating group) is 1. The van der Waals surface area contributed by atoms with Crippen molar-refractivity contribution in [3.63, 3.8) is 0 Å². The molecule has 0 fully saturated rings. The van der Waals surface area contributed by atoms with Gasteiger partial charge in [0.05, 0.1) is 6.54 Å². The van der Waals surface area contributed by atoms with Gasteiger partial charge in [0.15, 0.2) is 11.2 Å². The number of fused-ring (bicyclic) bond motifs is 1. The number of aryl methyl sites for hydroxylation is 1. The Balaban J connectivity index is 2.44. The molecule has 1 N–H and O–H groups in total. The van der Waals surface area contributed by atoms with Crippen LogP contribution in [-0.2, 0) is 17.4 Å². The van der Waals surface area contributed by atoms with Gasteiger partial charge in [-0.15, -0.1) is 0 Å². The summed E-state index contributed by atoms with van der Waals surface area (Å²) in [5.41, 5.74) is 0.265. The minimum atomic E-state index is -0.364. The van der Waals surface area contributed by atoms with Crippen LogP contribution in [0.15, 0.2) is 11.1 Å². The van der Waals surface area contributed by atoms with Crippen molar-refractivity contribution in [1.29, 1.82) is 0 Å². The Morgan fingerprint density at radius 1 is 1.36 bits per heavy atom. The van der Waals surface area contributed by atoms with Gasteiger partial charge in [0.2, 0.25) is 11.9 Å². The van der Waals surface area contributed by atoms with Crippen molar-refractivity contribution >= 4 is 23.0 Å². The van der Waals surface area contributed by atoms with Crippen LogP contribution in [0.3, 0.4) is 0 Å². The third-order valence-electron chi connectivity index (χ3n) is 3.41. The molecule has 0 spiro atoms. The van der Waals surface area contributed by atoms with E-state index in [9.17, 15) is 9.59 Å². The molecule has 8 heteroatoms. The highest BCUT2D eigenvalue weighted by molar-refractivity contribution is 5.81. The number of rotatable bonds is 3. The number of hydrogen-bond acceptors (Lipinski definition) is 5. The van der Waals surface area contributed by atoms with E-state index < -0.39 is 0 Å². The summed E-state index contributed by atoms with van der Waals surface area (Å²) in [5, 5.41) is 2.94. The van der Waals surface area contributed by atoms with E-state index in [1.165, 1.54) is 11.2 Å². The average Bonchev–Trinajstić information content (AvgIpc) is 2.72. The van der Waals surface area contributed by atoms with Crippen molar-refractivity contribution in [2.24, 2.45) is 7.05 Å². The molecule has 0 saturated heterocycles. The van der Waals surface area contributed by atoms with Crippen molar-refractivity contribution in [2.45, 2.75) is 26.3 Å². The van der Waals surface area contributed by atoms with Gasteiger partial charge in [-0.1, -0.05) is 0 Å². The number of anilines is 1. The second-order valence-corrected chi connectivity index (χ2v) is 6.40. The molecule has 0 bridgehead atoms. The zero-order chi connectivity index (χ0) is 16.7. The van der Waals surface area contributed by atoms with Crippen molar-refractivity contribution in [1.82, 2.24) is 24.0 Å². The fourth-order valence-electron chi connectivity index (χ4n) is 2.04. The van der Waals surface area contributed by atoms with E-state index >= 15 is 0 Å². The van der Waals surface area contributed by atoms with E-state index in [2.05, 4.69) is 15.3 Å². The number of imidazole rings is 1. The average molecular weight is 306 g/mol. The summed E-state index contributed by atoms with van der Waals surface area (Å²) in [6, 6.07) is 0. The SMILES string of the molecule is CN(C)C(=O)CNc1nc2ncn(C(C)(C)C)c(=O)c2n1C. The van der Waals surface area contributed by atoms with Crippen LogP contribution in [-0.4, -0.2) is 50.5 Å². The predicted octanol–water partition coefficient (Wildman–Crippen LogP) is 0.385. The Labute approximate surface area is 128 Å². The maximum Gasteiger partial charge on any atom is 0.280 e. The lowest BCUT2D eigenvalue weighted by Gasteiger charge is -2.21. The number of amides is 1. The molecule has 2 aromatic heterocycles. The first-order chi connectivity index (χ1) is 10.1. The normalized spacial score (nSPS) is 11.7. The lowest BCUT2D eigenvalue weighted by molar-refractivity contribution is -0.126. The van der Waals surface area contributed by atoms with Gasteiger partial charge >= 0.3 is 0 Å². The van der Waals surface area contributed by atoms with Crippen LogP contribution in [0.1, 0.15) is 20.8 Å². The van der Waals surface area contributed by atoms with E-state index in [1.807, 2.05) is 20.8 Å². The van der Waals surface area contributed by atoms with Gasteiger partial charge in [0, 0.05) is 26.7 Å². The van der Waals surface area contributed by atoms with Crippen molar-refractivity contribution in [3.05, 3.63) is 16.7 Å². The Kier molecular flexibility index (Phi) is 3.95. The quantitative estimate of drug-likeness (QED) is 0.886. The monoisotopic (exact) mass is 306 g/mol. The Bertz CT molecular complexity index is 766. The van der Waals surface area contributed by atoms with Crippen LogP contribution < -0.4 is 10.9 Å². The zero-order valence-electron chi connectivity index (χ0n) is 13.8. The molecule has 2 heterocycles. The largest absolute Gasteiger partial charge is 0.347 e. The molecule has 1 amide bonds. The predicted molar refractivity (Wildman–Crippen MR) is 84.9 cm³/mol. The van der Waals surface area contributed by atoms with Gasteiger partial charge < -0.3 is 14.8 Å². The Morgan fingerprint density at radius 2 is 2.00 bits per heavy atom. The number of carbonyl (C=O) groups excluding carboxylic acids is 1. The molecule has 0 unspecified atom stereocenters. The van der Waals surface area contributed by atoms with Crippen molar-refractivity contribution in [3.8, 4) is 0 Å². The number of hydrogen-bond donors (Lipinski definition) is 1. The second-order valence-electron chi connectivity index (χ2n) is 6.40. The molecule has 120 valence electrons. The molecule has 8 nitrogen and oxygen atoms in total. The van der Waals surface area contributed by atoms with Crippen molar-refractivity contribution in [2.75, 3.05) is 26.0 Å². The second kappa shape index (κ2) is 5.43. The zero-order valence-corrected chi connectivity index (χ0v) is 13.8. The standard InChI is InChI=1S/C14H22N6O2/c1-14(2,3)20-8-16-11-10(12(20)22)19(6)13(17-11)15-7-9(21)18(4)5/h8H,7H2,1-6H3,(H,15,17). The van der Waals surface area contributed by atoms with Gasteiger partial charge in [-0.2, -0.15) is 4.98 Å². The minimum absolute atomic E-state index is 0.0767. The number of nitrogens with one attached hydrogen (secondary N) is 1. The highest BCUT2D eigenvalue weighted by Gasteiger charge is 2.20. The lowest BCUT2D eigenvalue weighted by Crippen LogP contribution is -2.34. The van der Waals surface area contributed by atoms with Crippen LogP contribution in [0, 0.1) is 0 Å². The summed E-state index contributed by atoms with van der Waals surface area (Å²) < 4.78 is 3.21. The maximum atomic E-state index is 12.6. The van der Waals surface area contributed by atoms with Crippen LogP contribution in [0.2, 0.25) is 0 Å². The highest BCUT2D eigenvalue weighted by atomic mass is 16.2. The van der Waals surface area contributed by atoms with E-state index in [0.717, 1.165) is 0 Å². The third kappa shape index (κ3) is 2.81. The Hall–Kier alpha value is -2.38. The van der Waals surface area contributed by atoms with Crippen LogP contribution >= 0.6 is 0 Å². The lowest BCUT2D eigenvalue weighted by atomic mass is 10.1. The minimum Gasteiger partial charge on any atom is -0.347 e. The smallest absolute Gasteiger partial charge is 0.280 e. The van der Waals surface area contributed by atoms with Gasteiger partial charge in [-0.25, -0.2) is 4.98 Å². The molecular weight excluding hydrogens is 284 g/mol. The highest BCUT2D eigenvalue weighted by Crippen LogP contribution is 2.15. The molecule has 0 aromatic carbocycles. The van der Waals surface area contributed by atoms with Gasteiger partial charge in [0.25, 0.3) is 5.56 Å². The van der Waals surface area contributed by atoms with E-state index in [0.29, 0.717) is 17.1 Å². The maximum absolute atomic E-state index is 12.6. The molecule has 2 rings (SSSR count). The molecule has 0 aliphatic heterocycles. The first-order valence-electron chi connectivity index (χ1n) is 7.01. The molecular formula is C14H22N6O2. The molecule has 0 saturated carbocycles. The number of nitrogens with zero attached hydrogens (tertiary/aromatic N) is 5. The topological polar surface area (TPSA) is 85.1 Å². The van der Waals surface area contributed by atoms with Gasteiger partial charge in [-0.3, -0.25) is 14.2 Å². The molecule has 0 atom stereocenters. The summed E-state index contributed by atoms with van der Waals surface area (Å²) in [5.74, 6) is 0.369. The molecule has 2 aromatic rings. The molecule has 22 heavy (non-hydrogen) atoms. The fourth-order valence-corrected chi connectivity index (χ4v) is 2.04. The first kappa shape index (κ1) is 16.0. The fraction of sp³-hybridized carbons (Fsp3) is 0.571. The van der Waals surface area contributed by atoms with Crippen LogP contribution in [0.25, 0.3) is 11.2 Å². The molecule has 0 radical (unpaired) electrons.